The summed E-state index contributed by atoms with van der Waals surface area (Å²) in [5.41, 5.74) is 0.536. The van der Waals surface area contributed by atoms with E-state index in [0.717, 1.165) is 12.1 Å². The molecule has 1 heterocycles. The van der Waals surface area contributed by atoms with Crippen molar-refractivity contribution in [3.05, 3.63) is 59.9 Å². The number of carbonyl (C=O) groups is 2. The molecule has 0 spiro atoms. The number of rotatable bonds is 6. The van der Waals surface area contributed by atoms with Gasteiger partial charge < -0.3 is 15.2 Å². The third-order valence-electron chi connectivity index (χ3n) is 4.73. The molecular weight excluding hydrogens is 409 g/mol. The monoisotopic (exact) mass is 432 g/mol. The van der Waals surface area contributed by atoms with Crippen LogP contribution in [0.5, 0.6) is 0 Å². The number of fused-ring (bicyclic) bond motifs is 1. The van der Waals surface area contributed by atoms with Crippen molar-refractivity contribution in [2.45, 2.75) is 39.5 Å². The Morgan fingerprint density at radius 1 is 1.06 bits per heavy atom. The van der Waals surface area contributed by atoms with Crippen LogP contribution in [0.1, 0.15) is 38.2 Å². The predicted octanol–water partition coefficient (Wildman–Crippen LogP) is 4.53. The molecule has 0 aliphatic rings. The molecule has 0 fully saturated rings. The Morgan fingerprint density at radius 3 is 2.45 bits per heavy atom. The number of alkyl halides is 3. The normalized spacial score (nSPS) is 12.7. The summed E-state index contributed by atoms with van der Waals surface area (Å²) in [6, 6.07) is 11.2. The number of anilines is 1. The summed E-state index contributed by atoms with van der Waals surface area (Å²) in [5.74, 6) is -0.399. The largest absolute Gasteiger partial charge is 0.416 e. The molecule has 1 unspecified atom stereocenters. The van der Waals surface area contributed by atoms with Gasteiger partial charge in [-0.25, -0.2) is 4.98 Å². The topological polar surface area (TPSA) is 76.0 Å². The number of hydrogen-bond acceptors (Lipinski definition) is 3. The molecule has 0 saturated carbocycles. The third kappa shape index (κ3) is 5.22. The zero-order valence-electron chi connectivity index (χ0n) is 17.3. The van der Waals surface area contributed by atoms with Crippen molar-refractivity contribution in [2.24, 2.45) is 5.92 Å². The molecule has 0 radical (unpaired) electrons. The van der Waals surface area contributed by atoms with Crippen LogP contribution in [0.2, 0.25) is 0 Å². The molecule has 2 aromatic carbocycles. The fourth-order valence-electron chi connectivity index (χ4n) is 3.15. The Balaban J connectivity index is 1.86. The number of imidazole rings is 1. The number of hydrogen-bond donors (Lipinski definition) is 2. The van der Waals surface area contributed by atoms with Crippen molar-refractivity contribution < 1.29 is 22.8 Å². The Kier molecular flexibility index (Phi) is 6.33. The molecule has 0 aliphatic carbocycles. The molecule has 0 aliphatic heterocycles. The zero-order valence-corrected chi connectivity index (χ0v) is 17.3. The molecule has 31 heavy (non-hydrogen) atoms. The lowest BCUT2D eigenvalue weighted by Gasteiger charge is -2.17. The molecule has 3 aromatic rings. The standard InChI is InChI=1S/C22H23F3N4O2/c1-13(2)21(31)26-14(3)20-28-17-9-4-5-10-18(17)29(20)12-19(30)27-16-8-6-7-15(11-16)22(23,24)25/h4-11,13-14H,12H2,1-3H3,(H,26,31)(H,27,30). The molecule has 0 bridgehead atoms. The van der Waals surface area contributed by atoms with Crippen molar-refractivity contribution in [1.29, 1.82) is 0 Å². The van der Waals surface area contributed by atoms with E-state index in [1.54, 1.807) is 43.5 Å². The van der Waals surface area contributed by atoms with E-state index in [0.29, 0.717) is 16.9 Å². The smallest absolute Gasteiger partial charge is 0.346 e. The van der Waals surface area contributed by atoms with Crippen LogP contribution in [0.25, 0.3) is 11.0 Å². The first kappa shape index (κ1) is 22.3. The van der Waals surface area contributed by atoms with Gasteiger partial charge in [-0.3, -0.25) is 9.59 Å². The van der Waals surface area contributed by atoms with Gasteiger partial charge in [0.1, 0.15) is 12.4 Å². The Morgan fingerprint density at radius 2 is 1.77 bits per heavy atom. The van der Waals surface area contributed by atoms with Gasteiger partial charge in [-0.05, 0) is 37.3 Å². The molecule has 1 atom stereocenters. The minimum atomic E-state index is -4.50. The minimum absolute atomic E-state index is 0.0481. The number of nitrogens with zero attached hydrogens (tertiary/aromatic N) is 2. The Bertz CT molecular complexity index is 1110. The molecule has 9 heteroatoms. The van der Waals surface area contributed by atoms with Gasteiger partial charge in [0, 0.05) is 11.6 Å². The first-order chi connectivity index (χ1) is 14.6. The van der Waals surface area contributed by atoms with E-state index in [9.17, 15) is 22.8 Å². The van der Waals surface area contributed by atoms with Crippen molar-refractivity contribution in [2.75, 3.05) is 5.32 Å². The molecule has 1 aromatic heterocycles. The summed E-state index contributed by atoms with van der Waals surface area (Å²) in [7, 11) is 0. The third-order valence-corrected chi connectivity index (χ3v) is 4.73. The van der Waals surface area contributed by atoms with E-state index in [1.807, 2.05) is 6.07 Å². The quantitative estimate of drug-likeness (QED) is 0.601. The van der Waals surface area contributed by atoms with Crippen LogP contribution in [-0.2, 0) is 22.3 Å². The van der Waals surface area contributed by atoms with Gasteiger partial charge in [0.2, 0.25) is 11.8 Å². The lowest BCUT2D eigenvalue weighted by molar-refractivity contribution is -0.137. The van der Waals surface area contributed by atoms with Crippen LogP contribution in [0.15, 0.2) is 48.5 Å². The second-order valence-corrected chi connectivity index (χ2v) is 7.56. The lowest BCUT2D eigenvalue weighted by Crippen LogP contribution is -2.32. The van der Waals surface area contributed by atoms with E-state index in [2.05, 4.69) is 15.6 Å². The van der Waals surface area contributed by atoms with Gasteiger partial charge in [0.25, 0.3) is 0 Å². The highest BCUT2D eigenvalue weighted by molar-refractivity contribution is 5.92. The van der Waals surface area contributed by atoms with E-state index >= 15 is 0 Å². The van der Waals surface area contributed by atoms with E-state index in [1.165, 1.54) is 12.1 Å². The molecular formula is C22H23F3N4O2. The number of aromatic nitrogens is 2. The maximum atomic E-state index is 12.9. The van der Waals surface area contributed by atoms with Crippen molar-refractivity contribution in [3.63, 3.8) is 0 Å². The highest BCUT2D eigenvalue weighted by Gasteiger charge is 2.30. The maximum absolute atomic E-state index is 12.9. The summed E-state index contributed by atoms with van der Waals surface area (Å²) < 4.78 is 40.4. The van der Waals surface area contributed by atoms with Gasteiger partial charge >= 0.3 is 6.18 Å². The highest BCUT2D eigenvalue weighted by Crippen LogP contribution is 2.30. The second-order valence-electron chi connectivity index (χ2n) is 7.56. The first-order valence-corrected chi connectivity index (χ1v) is 9.79. The molecule has 3 rings (SSSR count). The number of benzene rings is 2. The number of para-hydroxylation sites is 2. The van der Waals surface area contributed by atoms with Crippen LogP contribution in [0, 0.1) is 5.92 Å². The van der Waals surface area contributed by atoms with Crippen molar-refractivity contribution in [3.8, 4) is 0 Å². The molecule has 164 valence electrons. The predicted molar refractivity (Wildman–Crippen MR) is 111 cm³/mol. The first-order valence-electron chi connectivity index (χ1n) is 9.79. The van der Waals surface area contributed by atoms with Gasteiger partial charge in [0.05, 0.1) is 22.6 Å². The SMILES string of the molecule is CC(C)C(=O)NC(C)c1nc2ccccc2n1CC(=O)Nc1cccc(C(F)(F)F)c1. The van der Waals surface area contributed by atoms with Crippen LogP contribution >= 0.6 is 0 Å². The number of carbonyl (C=O) groups excluding carboxylic acids is 2. The minimum Gasteiger partial charge on any atom is -0.346 e. The lowest BCUT2D eigenvalue weighted by atomic mass is 10.2. The molecule has 6 nitrogen and oxygen atoms in total. The average molecular weight is 432 g/mol. The summed E-state index contributed by atoms with van der Waals surface area (Å²) in [5, 5.41) is 5.37. The summed E-state index contributed by atoms with van der Waals surface area (Å²) in [6.07, 6.45) is -4.50. The molecule has 2 amide bonds. The van der Waals surface area contributed by atoms with E-state index < -0.39 is 23.7 Å². The van der Waals surface area contributed by atoms with Crippen LogP contribution < -0.4 is 10.6 Å². The van der Waals surface area contributed by atoms with Gasteiger partial charge in [0.15, 0.2) is 0 Å². The molecule has 0 saturated heterocycles. The zero-order chi connectivity index (χ0) is 22.8. The van der Waals surface area contributed by atoms with Crippen LogP contribution in [0.4, 0.5) is 18.9 Å². The van der Waals surface area contributed by atoms with Gasteiger partial charge in [-0.2, -0.15) is 13.2 Å². The number of amides is 2. The highest BCUT2D eigenvalue weighted by atomic mass is 19.4. The Hall–Kier alpha value is -3.36. The number of nitrogens with one attached hydrogen (secondary N) is 2. The molecule has 2 N–H and O–H groups in total. The summed E-state index contributed by atoms with van der Waals surface area (Å²) >= 11 is 0. The fraction of sp³-hybridized carbons (Fsp3) is 0.318. The van der Waals surface area contributed by atoms with E-state index in [-0.39, 0.29) is 24.1 Å². The van der Waals surface area contributed by atoms with Gasteiger partial charge in [-0.1, -0.05) is 32.0 Å². The Labute approximate surface area is 177 Å². The van der Waals surface area contributed by atoms with Crippen molar-refractivity contribution in [1.82, 2.24) is 14.9 Å². The average Bonchev–Trinajstić information content (AvgIpc) is 3.06. The second kappa shape index (κ2) is 8.79. The number of halogens is 3. The fourth-order valence-corrected chi connectivity index (χ4v) is 3.15. The van der Waals surface area contributed by atoms with Crippen molar-refractivity contribution >= 4 is 28.5 Å². The maximum Gasteiger partial charge on any atom is 0.416 e. The van der Waals surface area contributed by atoms with E-state index in [4.69, 9.17) is 0 Å². The van der Waals surface area contributed by atoms with Gasteiger partial charge in [-0.15, -0.1) is 0 Å². The van der Waals surface area contributed by atoms with Crippen LogP contribution in [0.3, 0.4) is 0 Å². The summed E-state index contributed by atoms with van der Waals surface area (Å²) in [4.78, 5) is 29.3. The van der Waals surface area contributed by atoms with Crippen LogP contribution in [-0.4, -0.2) is 21.4 Å². The summed E-state index contributed by atoms with van der Waals surface area (Å²) in [6.45, 7) is 5.14.